The van der Waals surface area contributed by atoms with Crippen LogP contribution in [0.4, 0.5) is 11.6 Å². The first-order valence-corrected chi connectivity index (χ1v) is 20.5. The van der Waals surface area contributed by atoms with Crippen LogP contribution in [0, 0.1) is 31.1 Å². The Hall–Kier alpha value is -4.06. The molecule has 53 heavy (non-hydrogen) atoms. The Labute approximate surface area is 314 Å². The largest absolute Gasteiger partial charge is 0.477 e. The molecule has 3 aliphatic heterocycles. The summed E-state index contributed by atoms with van der Waals surface area (Å²) in [5, 5.41) is 0. The quantitative estimate of drug-likeness (QED) is 0.205. The summed E-state index contributed by atoms with van der Waals surface area (Å²) in [7, 11) is -4.04. The van der Waals surface area contributed by atoms with E-state index < -0.39 is 10.0 Å². The average Bonchev–Trinajstić information content (AvgIpc) is 3.14. The minimum absolute atomic E-state index is 0.000301. The predicted molar refractivity (Wildman–Crippen MR) is 208 cm³/mol. The van der Waals surface area contributed by atoms with Gasteiger partial charge in [0.25, 0.3) is 10.0 Å². The molecule has 2 saturated heterocycles. The lowest BCUT2D eigenvalue weighted by molar-refractivity contribution is 0.0665. The molecule has 282 valence electrons. The van der Waals surface area contributed by atoms with Gasteiger partial charge in [-0.05, 0) is 104 Å². The number of nitrogens with zero attached hydrogens (tertiary/aromatic N) is 4. The molecule has 4 bridgehead atoms. The number of rotatable bonds is 7. The number of sulfonamides is 1. The normalized spacial score (nSPS) is 20.8. The van der Waals surface area contributed by atoms with Crippen molar-refractivity contribution in [2.75, 3.05) is 55.7 Å². The van der Waals surface area contributed by atoms with Crippen molar-refractivity contribution in [1.82, 2.24) is 15.0 Å². The lowest BCUT2D eigenvalue weighted by atomic mass is 9.74. The summed E-state index contributed by atoms with van der Waals surface area (Å²) < 4.78 is 48.9. The van der Waals surface area contributed by atoms with Gasteiger partial charge >= 0.3 is 0 Å². The highest BCUT2D eigenvalue weighted by Crippen LogP contribution is 2.40. The van der Waals surface area contributed by atoms with Gasteiger partial charge in [0.05, 0.1) is 42.3 Å². The van der Waals surface area contributed by atoms with Crippen LogP contribution in [-0.4, -0.2) is 69.5 Å². The second kappa shape index (κ2) is 15.7. The van der Waals surface area contributed by atoms with Crippen LogP contribution < -0.4 is 14.4 Å². The smallest absolute Gasteiger partial charge is 0.264 e. The fourth-order valence-corrected chi connectivity index (χ4v) is 9.13. The second-order valence-corrected chi connectivity index (χ2v) is 17.8. The third-order valence-corrected chi connectivity index (χ3v) is 12.2. The molecule has 0 amide bonds. The molecule has 0 radical (unpaired) electrons. The van der Waals surface area contributed by atoms with Gasteiger partial charge in [-0.15, -0.1) is 0 Å². The van der Waals surface area contributed by atoms with Gasteiger partial charge in [-0.25, -0.2) is 18.1 Å². The van der Waals surface area contributed by atoms with Crippen LogP contribution in [0.1, 0.15) is 73.9 Å². The standard InChI is InChI=1S/C42H53N5O5S/c1-28-8-6-10-32(22-30-14-18-50-19-15-30)38(28)39-29(2)40-45-41(44-39)46-53(48,49)36-11-7-9-31(23-36)37(33(27-52-40)25-42(3,4)5)24-34-12-13-35(26-43-34)47-16-20-51-21-17-47/h6-13,23,26,30,33,37H,14-22,24-25,27H2,1-5H3,(H,44,45,46)/t33-,37?/m1/s1. The first-order valence-electron chi connectivity index (χ1n) is 19.0. The fourth-order valence-electron chi connectivity index (χ4n) is 8.13. The van der Waals surface area contributed by atoms with E-state index >= 15 is 0 Å². The molecule has 11 heteroatoms. The number of aryl methyl sites for hydroxylation is 1. The van der Waals surface area contributed by atoms with E-state index in [2.05, 4.69) is 67.6 Å². The molecular formula is C42H53N5O5S. The van der Waals surface area contributed by atoms with Gasteiger partial charge in [0.1, 0.15) is 0 Å². The molecule has 0 aliphatic carbocycles. The minimum Gasteiger partial charge on any atom is -0.477 e. The predicted octanol–water partition coefficient (Wildman–Crippen LogP) is 7.53. The van der Waals surface area contributed by atoms with Crippen molar-refractivity contribution in [2.24, 2.45) is 17.3 Å². The van der Waals surface area contributed by atoms with Crippen molar-refractivity contribution in [3.63, 3.8) is 0 Å². The van der Waals surface area contributed by atoms with Crippen molar-refractivity contribution in [1.29, 1.82) is 0 Å². The molecule has 7 rings (SSSR count). The molecule has 1 unspecified atom stereocenters. The van der Waals surface area contributed by atoms with Crippen LogP contribution in [-0.2, 0) is 32.3 Å². The topological polar surface area (TPSA) is 116 Å². The van der Waals surface area contributed by atoms with Gasteiger partial charge < -0.3 is 19.1 Å². The van der Waals surface area contributed by atoms with Crippen LogP contribution in [0.25, 0.3) is 11.3 Å². The Kier molecular flexibility index (Phi) is 11.1. The van der Waals surface area contributed by atoms with Crippen molar-refractivity contribution >= 4 is 21.7 Å². The Morgan fingerprint density at radius 1 is 0.906 bits per heavy atom. The van der Waals surface area contributed by atoms with E-state index in [1.165, 1.54) is 5.56 Å². The molecule has 2 aromatic heterocycles. The number of ether oxygens (including phenoxy) is 3. The molecule has 2 fully saturated rings. The van der Waals surface area contributed by atoms with Crippen molar-refractivity contribution in [3.05, 3.63) is 88.7 Å². The van der Waals surface area contributed by atoms with Crippen molar-refractivity contribution in [3.8, 4) is 17.1 Å². The fraction of sp³-hybridized carbons (Fsp3) is 0.500. The van der Waals surface area contributed by atoms with Crippen LogP contribution in [0.3, 0.4) is 0 Å². The zero-order valence-electron chi connectivity index (χ0n) is 31.7. The molecule has 3 aliphatic rings. The summed E-state index contributed by atoms with van der Waals surface area (Å²) in [4.78, 5) is 17.1. The highest BCUT2D eigenvalue weighted by atomic mass is 32.2. The summed E-state index contributed by atoms with van der Waals surface area (Å²) in [6.07, 6.45) is 6.34. The van der Waals surface area contributed by atoms with E-state index in [0.717, 1.165) is 85.6 Å². The summed E-state index contributed by atoms with van der Waals surface area (Å²) >= 11 is 0. The Bertz CT molecular complexity index is 2000. The number of anilines is 2. The summed E-state index contributed by atoms with van der Waals surface area (Å²) in [5.74, 6) is 0.840. The van der Waals surface area contributed by atoms with E-state index in [-0.39, 0.29) is 28.1 Å². The van der Waals surface area contributed by atoms with Gasteiger partial charge in [-0.1, -0.05) is 51.1 Å². The number of benzene rings is 2. The van der Waals surface area contributed by atoms with Gasteiger partial charge in [0.15, 0.2) is 0 Å². The lowest BCUT2D eigenvalue weighted by Crippen LogP contribution is -2.36. The number of nitrogens with one attached hydrogen (secondary N) is 1. The molecular weight excluding hydrogens is 687 g/mol. The molecule has 0 spiro atoms. The SMILES string of the molecule is Cc1cccc(CC2CCOCC2)c1-c1nc2nc(c1C)OC[C@@H](CC(C)(C)C)C(Cc1ccc(N3CCOCC3)cn1)c1cccc(c1)S(=O)(=O)N2. The maximum atomic E-state index is 14.1. The molecule has 1 N–H and O–H groups in total. The molecule has 0 saturated carbocycles. The third kappa shape index (κ3) is 8.85. The van der Waals surface area contributed by atoms with Gasteiger partial charge in [-0.3, -0.25) is 4.98 Å². The molecule has 10 nitrogen and oxygen atoms in total. The molecule has 2 atom stereocenters. The lowest BCUT2D eigenvalue weighted by Gasteiger charge is -2.33. The highest BCUT2D eigenvalue weighted by molar-refractivity contribution is 7.92. The van der Waals surface area contributed by atoms with E-state index in [1.807, 2.05) is 25.3 Å². The molecule has 2 aromatic carbocycles. The summed E-state index contributed by atoms with van der Waals surface area (Å²) in [5.41, 5.74) is 7.68. The number of pyridine rings is 1. The number of hydrogen-bond acceptors (Lipinski definition) is 9. The summed E-state index contributed by atoms with van der Waals surface area (Å²) in [6, 6.07) is 17.9. The second-order valence-electron chi connectivity index (χ2n) is 16.1. The third-order valence-electron chi connectivity index (χ3n) is 10.9. The van der Waals surface area contributed by atoms with Gasteiger partial charge in [0, 0.05) is 49.0 Å². The highest BCUT2D eigenvalue weighted by Gasteiger charge is 2.32. The van der Waals surface area contributed by atoms with Crippen LogP contribution >= 0.6 is 0 Å². The summed E-state index contributed by atoms with van der Waals surface area (Å²) in [6.45, 7) is 15.8. The minimum atomic E-state index is -4.04. The van der Waals surface area contributed by atoms with Crippen LogP contribution in [0.5, 0.6) is 5.88 Å². The Morgan fingerprint density at radius 2 is 1.66 bits per heavy atom. The van der Waals surface area contributed by atoms with E-state index in [1.54, 1.807) is 12.1 Å². The zero-order chi connectivity index (χ0) is 37.2. The maximum Gasteiger partial charge on any atom is 0.264 e. The van der Waals surface area contributed by atoms with Gasteiger partial charge in [-0.2, -0.15) is 4.98 Å². The Morgan fingerprint density at radius 3 is 2.40 bits per heavy atom. The number of fused-ring (bicyclic) bond motifs is 4. The monoisotopic (exact) mass is 739 g/mol. The van der Waals surface area contributed by atoms with E-state index in [4.69, 9.17) is 29.2 Å². The zero-order valence-corrected chi connectivity index (χ0v) is 32.5. The van der Waals surface area contributed by atoms with Crippen LogP contribution in [0.15, 0.2) is 65.7 Å². The van der Waals surface area contributed by atoms with Crippen molar-refractivity contribution < 1.29 is 22.6 Å². The van der Waals surface area contributed by atoms with E-state index in [9.17, 15) is 8.42 Å². The first kappa shape index (κ1) is 37.3. The Balaban J connectivity index is 1.29. The number of hydrogen-bond donors (Lipinski definition) is 1. The molecule has 4 aromatic rings. The van der Waals surface area contributed by atoms with Gasteiger partial charge in [0.2, 0.25) is 11.8 Å². The molecule has 5 heterocycles. The number of aromatic nitrogens is 3. The average molecular weight is 740 g/mol. The number of morpholine rings is 1. The maximum absolute atomic E-state index is 14.1. The van der Waals surface area contributed by atoms with Crippen LogP contribution in [0.2, 0.25) is 0 Å². The first-order chi connectivity index (χ1) is 25.4. The van der Waals surface area contributed by atoms with E-state index in [0.29, 0.717) is 43.7 Å². The van der Waals surface area contributed by atoms with Crippen molar-refractivity contribution in [2.45, 2.75) is 77.5 Å².